The zero-order valence-corrected chi connectivity index (χ0v) is 16.3. The van der Waals surface area contributed by atoms with Crippen molar-refractivity contribution in [2.45, 2.75) is 20.0 Å². The van der Waals surface area contributed by atoms with E-state index in [2.05, 4.69) is 31.4 Å². The number of carbonyl (C=O) groups is 1. The number of nitrogens with zero attached hydrogens (tertiary/aromatic N) is 4. The Morgan fingerprint density at radius 3 is 2.64 bits per heavy atom. The van der Waals surface area contributed by atoms with Crippen LogP contribution in [0, 0.1) is 6.92 Å². The summed E-state index contributed by atoms with van der Waals surface area (Å²) >= 11 is 15.4. The number of aromatic nitrogens is 4. The fourth-order valence-electron chi connectivity index (χ4n) is 2.23. The van der Waals surface area contributed by atoms with Crippen molar-refractivity contribution in [3.63, 3.8) is 0 Å². The van der Waals surface area contributed by atoms with E-state index in [1.807, 2.05) is 31.2 Å². The Hall–Kier alpha value is -1.83. The van der Waals surface area contributed by atoms with Gasteiger partial charge in [0.2, 0.25) is 5.91 Å². The SMILES string of the molecule is Cc1c(Br)cnn1CC(=O)Nc1nn(Cc2ccc(Cl)cc2)cc1Cl. The number of carbonyl (C=O) groups excluding carboxylic acids is 1. The normalized spacial score (nSPS) is 10.9. The standard InChI is InChI=1S/C16H14BrCl2N5O/c1-10-13(17)6-20-24(10)9-15(25)21-16-14(19)8-23(22-16)7-11-2-4-12(18)5-3-11/h2-6,8H,7,9H2,1H3,(H,21,22,25). The second-order valence-corrected chi connectivity index (χ2v) is 7.13. The smallest absolute Gasteiger partial charge is 0.247 e. The molecule has 130 valence electrons. The number of benzene rings is 1. The number of hydrogen-bond acceptors (Lipinski definition) is 3. The Labute approximate surface area is 162 Å². The van der Waals surface area contributed by atoms with Gasteiger partial charge in [0.15, 0.2) is 5.82 Å². The highest BCUT2D eigenvalue weighted by atomic mass is 79.9. The maximum Gasteiger partial charge on any atom is 0.247 e. The van der Waals surface area contributed by atoms with E-state index in [0.717, 1.165) is 15.7 Å². The van der Waals surface area contributed by atoms with Crippen LogP contribution >= 0.6 is 39.1 Å². The van der Waals surface area contributed by atoms with Crippen LogP contribution in [-0.4, -0.2) is 25.5 Å². The van der Waals surface area contributed by atoms with Crippen LogP contribution in [-0.2, 0) is 17.9 Å². The Bertz CT molecular complexity index is 904. The summed E-state index contributed by atoms with van der Waals surface area (Å²) in [6.45, 7) is 2.48. The van der Waals surface area contributed by atoms with Crippen LogP contribution in [0.4, 0.5) is 5.82 Å². The van der Waals surface area contributed by atoms with E-state index in [1.165, 1.54) is 0 Å². The molecular weight excluding hydrogens is 429 g/mol. The van der Waals surface area contributed by atoms with Crippen molar-refractivity contribution >= 4 is 50.9 Å². The van der Waals surface area contributed by atoms with Gasteiger partial charge >= 0.3 is 0 Å². The molecule has 0 unspecified atom stereocenters. The molecule has 2 heterocycles. The second kappa shape index (κ2) is 7.59. The quantitative estimate of drug-likeness (QED) is 0.645. The molecule has 0 saturated carbocycles. The molecule has 1 N–H and O–H groups in total. The van der Waals surface area contributed by atoms with Crippen molar-refractivity contribution in [2.24, 2.45) is 0 Å². The first kappa shape index (κ1) is 18.0. The summed E-state index contributed by atoms with van der Waals surface area (Å²) < 4.78 is 4.11. The molecule has 2 aromatic heterocycles. The summed E-state index contributed by atoms with van der Waals surface area (Å²) in [6.07, 6.45) is 3.32. The summed E-state index contributed by atoms with van der Waals surface area (Å²) in [4.78, 5) is 12.2. The lowest BCUT2D eigenvalue weighted by molar-refractivity contribution is -0.117. The van der Waals surface area contributed by atoms with Crippen LogP contribution in [0.15, 0.2) is 41.1 Å². The highest BCUT2D eigenvalue weighted by Crippen LogP contribution is 2.21. The first-order valence-corrected chi connectivity index (χ1v) is 8.92. The number of halogens is 3. The van der Waals surface area contributed by atoms with Crippen LogP contribution in [0.25, 0.3) is 0 Å². The van der Waals surface area contributed by atoms with Gasteiger partial charge in [-0.3, -0.25) is 14.2 Å². The molecule has 0 spiro atoms. The van der Waals surface area contributed by atoms with Gasteiger partial charge in [0.05, 0.1) is 22.9 Å². The molecular formula is C16H14BrCl2N5O. The average molecular weight is 443 g/mol. The van der Waals surface area contributed by atoms with Crippen molar-refractivity contribution in [2.75, 3.05) is 5.32 Å². The Morgan fingerprint density at radius 2 is 2.00 bits per heavy atom. The molecule has 0 bridgehead atoms. The first-order chi connectivity index (χ1) is 11.9. The van der Waals surface area contributed by atoms with Crippen LogP contribution in [0.1, 0.15) is 11.3 Å². The minimum Gasteiger partial charge on any atom is -0.306 e. The first-order valence-electron chi connectivity index (χ1n) is 7.37. The van der Waals surface area contributed by atoms with Crippen molar-refractivity contribution in [3.05, 3.63) is 62.4 Å². The van der Waals surface area contributed by atoms with E-state index in [9.17, 15) is 4.79 Å². The molecule has 0 aliphatic rings. The molecule has 0 aliphatic heterocycles. The Morgan fingerprint density at radius 1 is 1.28 bits per heavy atom. The van der Waals surface area contributed by atoms with Gasteiger partial charge < -0.3 is 5.32 Å². The van der Waals surface area contributed by atoms with Crippen LogP contribution in [0.3, 0.4) is 0 Å². The van der Waals surface area contributed by atoms with Gasteiger partial charge in [0, 0.05) is 11.2 Å². The van der Waals surface area contributed by atoms with Gasteiger partial charge in [0.25, 0.3) is 0 Å². The monoisotopic (exact) mass is 441 g/mol. The fourth-order valence-corrected chi connectivity index (χ4v) is 2.85. The summed E-state index contributed by atoms with van der Waals surface area (Å²) in [7, 11) is 0. The largest absolute Gasteiger partial charge is 0.306 e. The summed E-state index contributed by atoms with van der Waals surface area (Å²) in [6, 6.07) is 7.45. The lowest BCUT2D eigenvalue weighted by Gasteiger charge is -2.05. The maximum absolute atomic E-state index is 12.2. The lowest BCUT2D eigenvalue weighted by Crippen LogP contribution is -2.20. The van der Waals surface area contributed by atoms with E-state index < -0.39 is 0 Å². The van der Waals surface area contributed by atoms with E-state index in [1.54, 1.807) is 21.8 Å². The predicted octanol–water partition coefficient (Wildman–Crippen LogP) is 4.14. The number of nitrogens with one attached hydrogen (secondary N) is 1. The van der Waals surface area contributed by atoms with Crippen LogP contribution in [0.5, 0.6) is 0 Å². The predicted molar refractivity (Wildman–Crippen MR) is 101 cm³/mol. The number of amides is 1. The minimum absolute atomic E-state index is 0.0812. The van der Waals surface area contributed by atoms with Crippen molar-refractivity contribution in [1.29, 1.82) is 0 Å². The van der Waals surface area contributed by atoms with Crippen molar-refractivity contribution in [1.82, 2.24) is 19.6 Å². The lowest BCUT2D eigenvalue weighted by atomic mass is 10.2. The van der Waals surface area contributed by atoms with Gasteiger partial charge in [-0.1, -0.05) is 35.3 Å². The summed E-state index contributed by atoms with van der Waals surface area (Å²) in [5.74, 6) is 0.0712. The van der Waals surface area contributed by atoms with E-state index in [-0.39, 0.29) is 12.5 Å². The van der Waals surface area contributed by atoms with Gasteiger partial charge in [-0.25, -0.2) is 0 Å². The molecule has 3 rings (SSSR count). The Kier molecular flexibility index (Phi) is 5.46. The molecule has 0 fully saturated rings. The topological polar surface area (TPSA) is 64.7 Å². The van der Waals surface area contributed by atoms with Gasteiger partial charge in [0.1, 0.15) is 11.6 Å². The second-order valence-electron chi connectivity index (χ2n) is 5.43. The summed E-state index contributed by atoms with van der Waals surface area (Å²) in [5, 5.41) is 12.2. The summed E-state index contributed by atoms with van der Waals surface area (Å²) in [5.41, 5.74) is 1.90. The van der Waals surface area contributed by atoms with E-state index in [0.29, 0.717) is 22.4 Å². The molecule has 0 radical (unpaired) electrons. The van der Waals surface area contributed by atoms with Gasteiger partial charge in [-0.15, -0.1) is 0 Å². The highest BCUT2D eigenvalue weighted by molar-refractivity contribution is 9.10. The van der Waals surface area contributed by atoms with Gasteiger partial charge in [-0.2, -0.15) is 10.2 Å². The molecule has 1 aromatic carbocycles. The molecule has 0 atom stereocenters. The average Bonchev–Trinajstić information content (AvgIpc) is 3.06. The zero-order chi connectivity index (χ0) is 18.0. The van der Waals surface area contributed by atoms with Gasteiger partial charge in [-0.05, 0) is 40.5 Å². The Balaban J connectivity index is 1.66. The van der Waals surface area contributed by atoms with E-state index in [4.69, 9.17) is 23.2 Å². The molecule has 9 heteroatoms. The molecule has 0 saturated heterocycles. The fraction of sp³-hybridized carbons (Fsp3) is 0.188. The number of rotatable bonds is 5. The molecule has 1 amide bonds. The zero-order valence-electron chi connectivity index (χ0n) is 13.2. The molecule has 3 aromatic rings. The minimum atomic E-state index is -0.252. The van der Waals surface area contributed by atoms with Crippen molar-refractivity contribution < 1.29 is 4.79 Å². The third-order valence-corrected chi connectivity index (χ3v) is 4.88. The number of hydrogen-bond donors (Lipinski definition) is 1. The van der Waals surface area contributed by atoms with Crippen LogP contribution < -0.4 is 5.32 Å². The maximum atomic E-state index is 12.2. The number of anilines is 1. The van der Waals surface area contributed by atoms with Crippen LogP contribution in [0.2, 0.25) is 10.0 Å². The highest BCUT2D eigenvalue weighted by Gasteiger charge is 2.13. The molecule has 6 nitrogen and oxygen atoms in total. The van der Waals surface area contributed by atoms with E-state index >= 15 is 0 Å². The molecule has 25 heavy (non-hydrogen) atoms. The third kappa shape index (κ3) is 4.42. The third-order valence-electron chi connectivity index (χ3n) is 3.57. The molecule has 0 aliphatic carbocycles. The van der Waals surface area contributed by atoms with Crippen molar-refractivity contribution in [3.8, 4) is 0 Å².